The number of halogens is 1. The number of anilines is 1. The minimum Gasteiger partial charge on any atom is -0.497 e. The summed E-state index contributed by atoms with van der Waals surface area (Å²) >= 11 is 7.76. The first-order valence-corrected chi connectivity index (χ1v) is 10.8. The third kappa shape index (κ3) is 4.78. The molecule has 0 saturated carbocycles. The van der Waals surface area contributed by atoms with Crippen LogP contribution in [0.5, 0.6) is 11.5 Å². The standard InChI is InChI=1S/C23H20ClN3O3S/c1-15-8-9-19(24)22-21(15)26-23(31-22)27(13-16-5-4-10-25-12-16)20(28)14-30-18-7-3-6-17(11-18)29-2/h3-12H,13-14H2,1-2H3. The van der Waals surface area contributed by atoms with E-state index >= 15 is 0 Å². The molecule has 0 fully saturated rings. The van der Waals surface area contributed by atoms with Gasteiger partial charge in [0.2, 0.25) is 0 Å². The van der Waals surface area contributed by atoms with Gasteiger partial charge < -0.3 is 9.47 Å². The van der Waals surface area contributed by atoms with E-state index in [0.717, 1.165) is 21.3 Å². The van der Waals surface area contributed by atoms with E-state index in [0.29, 0.717) is 28.2 Å². The third-order valence-corrected chi connectivity index (χ3v) is 6.22. The van der Waals surface area contributed by atoms with Crippen molar-refractivity contribution >= 4 is 44.2 Å². The smallest absolute Gasteiger partial charge is 0.267 e. The molecule has 0 spiro atoms. The molecule has 2 aromatic heterocycles. The van der Waals surface area contributed by atoms with E-state index in [1.54, 1.807) is 36.5 Å². The van der Waals surface area contributed by atoms with Gasteiger partial charge in [-0.1, -0.05) is 41.1 Å². The number of methoxy groups -OCH3 is 1. The minimum atomic E-state index is -0.223. The fourth-order valence-electron chi connectivity index (χ4n) is 3.06. The van der Waals surface area contributed by atoms with Gasteiger partial charge in [0.15, 0.2) is 11.7 Å². The number of amides is 1. The van der Waals surface area contributed by atoms with Crippen LogP contribution < -0.4 is 14.4 Å². The molecule has 0 atom stereocenters. The second-order valence-corrected chi connectivity index (χ2v) is 8.23. The number of fused-ring (bicyclic) bond motifs is 1. The second-order valence-electron chi connectivity index (χ2n) is 6.85. The maximum Gasteiger partial charge on any atom is 0.267 e. The largest absolute Gasteiger partial charge is 0.497 e. The van der Waals surface area contributed by atoms with Crippen molar-refractivity contribution in [1.82, 2.24) is 9.97 Å². The van der Waals surface area contributed by atoms with Gasteiger partial charge in [-0.05, 0) is 42.3 Å². The summed E-state index contributed by atoms with van der Waals surface area (Å²) in [5.74, 6) is 0.991. The van der Waals surface area contributed by atoms with Crippen molar-refractivity contribution in [3.63, 3.8) is 0 Å². The topological polar surface area (TPSA) is 64.6 Å². The molecule has 2 aromatic carbocycles. The molecular weight excluding hydrogens is 434 g/mol. The molecule has 0 radical (unpaired) electrons. The van der Waals surface area contributed by atoms with E-state index in [2.05, 4.69) is 4.98 Å². The Bertz CT molecular complexity index is 1170. The summed E-state index contributed by atoms with van der Waals surface area (Å²) in [5, 5.41) is 1.18. The van der Waals surface area contributed by atoms with Crippen LogP contribution in [0.2, 0.25) is 5.02 Å². The van der Waals surface area contributed by atoms with Crippen molar-refractivity contribution in [3.05, 3.63) is 77.1 Å². The Kier molecular flexibility index (Phi) is 6.34. The van der Waals surface area contributed by atoms with Crippen LogP contribution in [0, 0.1) is 6.92 Å². The highest BCUT2D eigenvalue weighted by Gasteiger charge is 2.22. The average molecular weight is 454 g/mol. The molecule has 0 aliphatic rings. The summed E-state index contributed by atoms with van der Waals surface area (Å²) < 4.78 is 11.8. The zero-order valence-corrected chi connectivity index (χ0v) is 18.6. The molecule has 1 amide bonds. The van der Waals surface area contributed by atoms with Crippen LogP contribution in [-0.4, -0.2) is 29.6 Å². The van der Waals surface area contributed by atoms with Gasteiger partial charge in [0.25, 0.3) is 5.91 Å². The zero-order chi connectivity index (χ0) is 21.8. The molecule has 8 heteroatoms. The number of rotatable bonds is 7. The maximum absolute atomic E-state index is 13.2. The van der Waals surface area contributed by atoms with E-state index in [-0.39, 0.29) is 12.5 Å². The Balaban J connectivity index is 1.63. The van der Waals surface area contributed by atoms with E-state index < -0.39 is 0 Å². The lowest BCUT2D eigenvalue weighted by molar-refractivity contribution is -0.120. The highest BCUT2D eigenvalue weighted by atomic mass is 35.5. The number of hydrogen-bond acceptors (Lipinski definition) is 6. The molecule has 0 bridgehead atoms. The summed E-state index contributed by atoms with van der Waals surface area (Å²) in [4.78, 5) is 23.7. The number of nitrogens with zero attached hydrogens (tertiary/aromatic N) is 3. The van der Waals surface area contributed by atoms with Gasteiger partial charge >= 0.3 is 0 Å². The number of pyridine rings is 1. The van der Waals surface area contributed by atoms with Gasteiger partial charge in [-0.15, -0.1) is 0 Å². The number of benzene rings is 2. The van der Waals surface area contributed by atoms with Crippen LogP contribution in [0.25, 0.3) is 10.2 Å². The number of hydrogen-bond donors (Lipinski definition) is 0. The molecular formula is C23H20ClN3O3S. The Hall–Kier alpha value is -3.16. The Morgan fingerprint density at radius 3 is 2.74 bits per heavy atom. The first-order chi connectivity index (χ1) is 15.0. The van der Waals surface area contributed by atoms with Crippen molar-refractivity contribution < 1.29 is 14.3 Å². The first-order valence-electron chi connectivity index (χ1n) is 9.57. The fourth-order valence-corrected chi connectivity index (χ4v) is 4.39. The Morgan fingerprint density at radius 2 is 2.00 bits per heavy atom. The minimum absolute atomic E-state index is 0.143. The van der Waals surface area contributed by atoms with Crippen molar-refractivity contribution in [2.24, 2.45) is 0 Å². The number of ether oxygens (including phenoxy) is 2. The normalized spacial score (nSPS) is 10.8. The molecule has 0 saturated heterocycles. The molecule has 0 aliphatic carbocycles. The van der Waals surface area contributed by atoms with Gasteiger partial charge in [0.1, 0.15) is 11.5 Å². The van der Waals surface area contributed by atoms with E-state index in [4.69, 9.17) is 26.1 Å². The van der Waals surface area contributed by atoms with Crippen LogP contribution in [0.3, 0.4) is 0 Å². The number of aryl methyl sites for hydroxylation is 1. The fraction of sp³-hybridized carbons (Fsp3) is 0.174. The lowest BCUT2D eigenvalue weighted by Crippen LogP contribution is -2.34. The summed E-state index contributed by atoms with van der Waals surface area (Å²) in [6, 6.07) is 14.7. The van der Waals surface area contributed by atoms with Crippen molar-refractivity contribution in [2.45, 2.75) is 13.5 Å². The lowest BCUT2D eigenvalue weighted by Gasteiger charge is -2.20. The van der Waals surface area contributed by atoms with Crippen molar-refractivity contribution in [1.29, 1.82) is 0 Å². The Morgan fingerprint density at radius 1 is 1.16 bits per heavy atom. The third-order valence-electron chi connectivity index (χ3n) is 4.68. The van der Waals surface area contributed by atoms with Gasteiger partial charge in [-0.2, -0.15) is 0 Å². The second kappa shape index (κ2) is 9.32. The van der Waals surface area contributed by atoms with E-state index in [1.807, 2.05) is 43.3 Å². The van der Waals surface area contributed by atoms with Crippen LogP contribution in [0.1, 0.15) is 11.1 Å². The molecule has 0 aliphatic heterocycles. The SMILES string of the molecule is COc1cccc(OCC(=O)N(Cc2cccnc2)c2nc3c(C)ccc(Cl)c3s2)c1. The highest BCUT2D eigenvalue weighted by Crippen LogP contribution is 2.36. The van der Waals surface area contributed by atoms with Crippen LogP contribution in [0.4, 0.5) is 5.13 Å². The summed E-state index contributed by atoms with van der Waals surface area (Å²) in [6.07, 6.45) is 3.43. The lowest BCUT2D eigenvalue weighted by atomic mass is 10.2. The molecule has 31 heavy (non-hydrogen) atoms. The van der Waals surface area contributed by atoms with Crippen molar-refractivity contribution in [2.75, 3.05) is 18.6 Å². The molecule has 4 rings (SSSR count). The number of thiazole rings is 1. The monoisotopic (exact) mass is 453 g/mol. The van der Waals surface area contributed by atoms with Gasteiger partial charge in [-0.3, -0.25) is 14.7 Å². The average Bonchev–Trinajstić information content (AvgIpc) is 3.26. The summed E-state index contributed by atoms with van der Waals surface area (Å²) in [5.41, 5.74) is 2.69. The van der Waals surface area contributed by atoms with Crippen LogP contribution in [-0.2, 0) is 11.3 Å². The predicted molar refractivity (Wildman–Crippen MR) is 123 cm³/mol. The predicted octanol–water partition coefficient (Wildman–Crippen LogP) is 5.27. The quantitative estimate of drug-likeness (QED) is 0.381. The molecule has 0 unspecified atom stereocenters. The van der Waals surface area contributed by atoms with Gasteiger partial charge in [0, 0.05) is 18.5 Å². The highest BCUT2D eigenvalue weighted by molar-refractivity contribution is 7.23. The summed E-state index contributed by atoms with van der Waals surface area (Å²) in [7, 11) is 1.58. The molecule has 6 nitrogen and oxygen atoms in total. The van der Waals surface area contributed by atoms with Gasteiger partial charge in [0.05, 0.1) is 28.9 Å². The van der Waals surface area contributed by atoms with Crippen molar-refractivity contribution in [3.8, 4) is 11.5 Å². The molecule has 4 aromatic rings. The number of carbonyl (C=O) groups excluding carboxylic acids is 1. The molecule has 0 N–H and O–H groups in total. The van der Waals surface area contributed by atoms with Gasteiger partial charge in [-0.25, -0.2) is 4.98 Å². The Labute approximate surface area is 189 Å². The number of aromatic nitrogens is 2. The van der Waals surface area contributed by atoms with E-state index in [9.17, 15) is 4.79 Å². The molecule has 158 valence electrons. The molecule has 2 heterocycles. The maximum atomic E-state index is 13.2. The first kappa shape index (κ1) is 21.1. The van der Waals surface area contributed by atoms with Crippen LogP contribution >= 0.6 is 22.9 Å². The zero-order valence-electron chi connectivity index (χ0n) is 17.0. The van der Waals surface area contributed by atoms with E-state index in [1.165, 1.54) is 11.3 Å². The van der Waals surface area contributed by atoms with Crippen LogP contribution in [0.15, 0.2) is 60.9 Å². The summed E-state index contributed by atoms with van der Waals surface area (Å²) in [6.45, 7) is 2.15. The number of carbonyl (C=O) groups is 1.